The number of hydrogen-bond acceptors (Lipinski definition) is 4. The van der Waals surface area contributed by atoms with Crippen molar-refractivity contribution in [2.75, 3.05) is 12.8 Å². The Bertz CT molecular complexity index is 651. The van der Waals surface area contributed by atoms with Gasteiger partial charge < -0.3 is 5.11 Å². The van der Waals surface area contributed by atoms with Crippen LogP contribution >= 0.6 is 11.8 Å². The minimum Gasteiger partial charge on any atom is -0.478 e. The van der Waals surface area contributed by atoms with Crippen molar-refractivity contribution in [3.05, 3.63) is 29.6 Å². The molecule has 1 aromatic carbocycles. The zero-order valence-electron chi connectivity index (χ0n) is 11.4. The molecule has 0 bridgehead atoms. The maximum absolute atomic E-state index is 13.8. The molecule has 0 unspecified atom stereocenters. The second kappa shape index (κ2) is 5.94. The first kappa shape index (κ1) is 16.3. The second-order valence-electron chi connectivity index (χ2n) is 5.02. The van der Waals surface area contributed by atoms with E-state index in [0.717, 1.165) is 31.4 Å². The van der Waals surface area contributed by atoms with E-state index < -0.39 is 26.7 Å². The topological polar surface area (TPSA) is 83.5 Å². The summed E-state index contributed by atoms with van der Waals surface area (Å²) in [5, 5.41) is 8.75. The second-order valence-corrected chi connectivity index (χ2v) is 8.03. The van der Waals surface area contributed by atoms with Gasteiger partial charge in [-0.15, -0.1) is 0 Å². The molecule has 0 saturated heterocycles. The molecule has 5 nitrogen and oxygen atoms in total. The highest BCUT2D eigenvalue weighted by Gasteiger charge is 2.37. The Morgan fingerprint density at radius 2 is 2.14 bits per heavy atom. The normalized spacial score (nSPS) is 17.2. The number of hydrogen-bond donors (Lipinski definition) is 2. The van der Waals surface area contributed by atoms with Crippen LogP contribution in [-0.4, -0.2) is 37.0 Å². The molecular weight excluding hydrogens is 317 g/mol. The first-order chi connectivity index (χ1) is 9.80. The van der Waals surface area contributed by atoms with Crippen LogP contribution in [0.25, 0.3) is 0 Å². The third kappa shape index (κ3) is 3.38. The maximum atomic E-state index is 13.8. The van der Waals surface area contributed by atoms with Crippen molar-refractivity contribution in [2.45, 2.75) is 28.9 Å². The van der Waals surface area contributed by atoms with Crippen molar-refractivity contribution in [1.29, 1.82) is 0 Å². The van der Waals surface area contributed by atoms with Crippen LogP contribution in [0.4, 0.5) is 4.39 Å². The lowest BCUT2D eigenvalue weighted by Crippen LogP contribution is -2.45. The highest BCUT2D eigenvalue weighted by molar-refractivity contribution is 8.00. The molecule has 0 aromatic heterocycles. The number of benzene rings is 1. The zero-order chi connectivity index (χ0) is 15.7. The van der Waals surface area contributed by atoms with Gasteiger partial charge >= 0.3 is 5.97 Å². The highest BCUT2D eigenvalue weighted by atomic mass is 32.2. The molecule has 0 radical (unpaired) electrons. The van der Waals surface area contributed by atoms with E-state index in [2.05, 4.69) is 4.72 Å². The van der Waals surface area contributed by atoms with Gasteiger partial charge in [0.15, 0.2) is 0 Å². The molecule has 0 aliphatic heterocycles. The van der Waals surface area contributed by atoms with Gasteiger partial charge in [-0.2, -0.15) is 11.8 Å². The lowest BCUT2D eigenvalue weighted by molar-refractivity contribution is 0.0696. The molecule has 0 heterocycles. The Hall–Kier alpha value is -1.12. The summed E-state index contributed by atoms with van der Waals surface area (Å²) in [5.41, 5.74) is -0.286. The summed E-state index contributed by atoms with van der Waals surface area (Å²) in [5.74, 6) is -2.36. The Labute approximate surface area is 127 Å². The van der Waals surface area contributed by atoms with Crippen LogP contribution in [0.1, 0.15) is 29.6 Å². The fourth-order valence-electron chi connectivity index (χ4n) is 2.18. The monoisotopic (exact) mass is 333 g/mol. The first-order valence-corrected chi connectivity index (χ1v) is 9.08. The first-order valence-electron chi connectivity index (χ1n) is 6.37. The average molecular weight is 333 g/mol. The Morgan fingerprint density at radius 3 is 2.57 bits per heavy atom. The van der Waals surface area contributed by atoms with Gasteiger partial charge in [0.2, 0.25) is 10.0 Å². The summed E-state index contributed by atoms with van der Waals surface area (Å²) in [6, 6.07) is 2.77. The number of halogens is 1. The van der Waals surface area contributed by atoms with Crippen molar-refractivity contribution in [3.8, 4) is 0 Å². The fraction of sp³-hybridized carbons (Fsp3) is 0.462. The summed E-state index contributed by atoms with van der Waals surface area (Å²) in [6.07, 6.45) is 4.84. The standard InChI is InChI=1S/C13H16FNO4S2/c1-20-13(5-2-6-13)8-15-21(18,19)11-4-3-9(12(16)17)7-10(11)14/h3-4,7,15H,2,5-6,8H2,1H3,(H,16,17). The smallest absolute Gasteiger partial charge is 0.335 e. The number of carbonyl (C=O) groups is 1. The van der Waals surface area contributed by atoms with Crippen molar-refractivity contribution >= 4 is 27.8 Å². The molecule has 1 saturated carbocycles. The highest BCUT2D eigenvalue weighted by Crippen LogP contribution is 2.42. The molecule has 1 aliphatic carbocycles. The maximum Gasteiger partial charge on any atom is 0.335 e. The van der Waals surface area contributed by atoms with Gasteiger partial charge in [0.1, 0.15) is 10.7 Å². The molecule has 1 aromatic rings. The lowest BCUT2D eigenvalue weighted by Gasteiger charge is -2.40. The predicted molar refractivity (Wildman–Crippen MR) is 78.6 cm³/mol. The van der Waals surface area contributed by atoms with Crippen molar-refractivity contribution in [3.63, 3.8) is 0 Å². The SMILES string of the molecule is CSC1(CNS(=O)(=O)c2ccc(C(=O)O)cc2F)CCC1. The molecule has 2 rings (SSSR count). The number of nitrogens with one attached hydrogen (secondary N) is 1. The zero-order valence-corrected chi connectivity index (χ0v) is 13.1. The molecule has 1 fully saturated rings. The molecular formula is C13H16FNO4S2. The fourth-order valence-corrected chi connectivity index (χ4v) is 4.37. The predicted octanol–water partition coefficient (Wildman–Crippen LogP) is 2.09. The quantitative estimate of drug-likeness (QED) is 0.833. The minimum atomic E-state index is -3.98. The minimum absolute atomic E-state index is 0.107. The van der Waals surface area contributed by atoms with E-state index >= 15 is 0 Å². The van der Waals surface area contributed by atoms with Crippen molar-refractivity contribution < 1.29 is 22.7 Å². The summed E-state index contributed by atoms with van der Waals surface area (Å²) in [4.78, 5) is 10.2. The van der Waals surface area contributed by atoms with Crippen LogP contribution in [0.2, 0.25) is 0 Å². The Balaban J connectivity index is 2.18. The summed E-state index contributed by atoms with van der Waals surface area (Å²) in [7, 11) is -3.98. The molecule has 1 aliphatic rings. The Morgan fingerprint density at radius 1 is 1.48 bits per heavy atom. The average Bonchev–Trinajstić information content (AvgIpc) is 2.37. The molecule has 21 heavy (non-hydrogen) atoms. The van der Waals surface area contributed by atoms with E-state index in [0.29, 0.717) is 6.07 Å². The Kier molecular flexibility index (Phi) is 4.60. The molecule has 2 N–H and O–H groups in total. The van der Waals surface area contributed by atoms with E-state index in [9.17, 15) is 17.6 Å². The summed E-state index contributed by atoms with van der Waals surface area (Å²) < 4.78 is 40.4. The van der Waals surface area contributed by atoms with Crippen LogP contribution in [0, 0.1) is 5.82 Å². The number of carboxylic acids is 1. The molecule has 0 amide bonds. The van der Waals surface area contributed by atoms with Crippen LogP contribution < -0.4 is 4.72 Å². The van der Waals surface area contributed by atoms with E-state index in [-0.39, 0.29) is 16.9 Å². The van der Waals surface area contributed by atoms with Gasteiger partial charge in [-0.1, -0.05) is 6.42 Å². The van der Waals surface area contributed by atoms with E-state index in [1.165, 1.54) is 0 Å². The van der Waals surface area contributed by atoms with Crippen molar-refractivity contribution in [1.82, 2.24) is 4.72 Å². The van der Waals surface area contributed by atoms with Gasteiger partial charge in [0.05, 0.1) is 5.56 Å². The van der Waals surface area contributed by atoms with E-state index in [4.69, 9.17) is 5.11 Å². The molecule has 0 spiro atoms. The van der Waals surface area contributed by atoms with Crippen molar-refractivity contribution in [2.24, 2.45) is 0 Å². The number of rotatable bonds is 6. The summed E-state index contributed by atoms with van der Waals surface area (Å²) >= 11 is 1.61. The number of thioether (sulfide) groups is 1. The third-order valence-electron chi connectivity index (χ3n) is 3.75. The number of aromatic carboxylic acids is 1. The van der Waals surface area contributed by atoms with Crippen LogP contribution in [0.3, 0.4) is 0 Å². The van der Waals surface area contributed by atoms with E-state index in [1.54, 1.807) is 11.8 Å². The van der Waals surface area contributed by atoms with Gasteiger partial charge in [-0.25, -0.2) is 22.3 Å². The molecule has 0 atom stereocenters. The van der Waals surface area contributed by atoms with Gasteiger partial charge in [0, 0.05) is 11.3 Å². The number of sulfonamides is 1. The van der Waals surface area contributed by atoms with Crippen LogP contribution in [-0.2, 0) is 10.0 Å². The number of carboxylic acid groups (broad SMARTS) is 1. The van der Waals surface area contributed by atoms with Gasteiger partial charge in [0.25, 0.3) is 0 Å². The lowest BCUT2D eigenvalue weighted by atomic mass is 9.84. The van der Waals surface area contributed by atoms with Gasteiger partial charge in [-0.3, -0.25) is 0 Å². The molecule has 116 valence electrons. The summed E-state index contributed by atoms with van der Waals surface area (Å²) in [6.45, 7) is 0.247. The van der Waals surface area contributed by atoms with E-state index in [1.807, 2.05) is 6.26 Å². The van der Waals surface area contributed by atoms with Crippen LogP contribution in [0.5, 0.6) is 0 Å². The van der Waals surface area contributed by atoms with Crippen LogP contribution in [0.15, 0.2) is 23.1 Å². The largest absolute Gasteiger partial charge is 0.478 e. The molecule has 8 heteroatoms. The van der Waals surface area contributed by atoms with Gasteiger partial charge in [-0.05, 0) is 37.3 Å². The third-order valence-corrected chi connectivity index (χ3v) is 6.60.